The van der Waals surface area contributed by atoms with Crippen LogP contribution in [0.5, 0.6) is 0 Å². The fourth-order valence-electron chi connectivity index (χ4n) is 2.43. The Labute approximate surface area is 156 Å². The van der Waals surface area contributed by atoms with E-state index in [1.807, 2.05) is 6.20 Å². The lowest BCUT2D eigenvalue weighted by molar-refractivity contribution is 0.203. The van der Waals surface area contributed by atoms with Crippen LogP contribution in [0.1, 0.15) is 25.3 Å². The van der Waals surface area contributed by atoms with E-state index in [1.54, 1.807) is 7.11 Å². The number of aromatic nitrogens is 1. The first-order chi connectivity index (χ1) is 10.8. The summed E-state index contributed by atoms with van der Waals surface area (Å²) in [6.07, 6.45) is 4.47. The van der Waals surface area contributed by atoms with Gasteiger partial charge in [0.1, 0.15) is 5.82 Å². The molecule has 1 aliphatic rings. The molecule has 0 bridgehead atoms. The van der Waals surface area contributed by atoms with E-state index in [1.165, 1.54) is 12.8 Å². The number of methoxy groups -OCH3 is 1. The number of halogens is 1. The summed E-state index contributed by atoms with van der Waals surface area (Å²) in [5.74, 6) is 1.89. The third-order valence-electron chi connectivity index (χ3n) is 3.60. The lowest BCUT2D eigenvalue weighted by atomic mass is 10.3. The highest BCUT2D eigenvalue weighted by Crippen LogP contribution is 2.17. The molecule has 0 unspecified atom stereocenters. The molecule has 2 heterocycles. The predicted molar refractivity (Wildman–Crippen MR) is 106 cm³/mol. The van der Waals surface area contributed by atoms with Crippen LogP contribution in [0.2, 0.25) is 0 Å². The second-order valence-corrected chi connectivity index (χ2v) is 5.33. The SMILES string of the molecule is CCNC(=NCc1ccc(N2CCCC2)nc1)NCCOC.I. The molecule has 0 aliphatic carbocycles. The molecule has 1 fully saturated rings. The van der Waals surface area contributed by atoms with E-state index in [2.05, 4.69) is 44.6 Å². The molecule has 1 aromatic rings. The smallest absolute Gasteiger partial charge is 0.191 e. The van der Waals surface area contributed by atoms with Gasteiger partial charge in [0.2, 0.25) is 0 Å². The minimum Gasteiger partial charge on any atom is -0.383 e. The van der Waals surface area contributed by atoms with Gasteiger partial charge >= 0.3 is 0 Å². The van der Waals surface area contributed by atoms with Gasteiger partial charge in [-0.3, -0.25) is 0 Å². The summed E-state index contributed by atoms with van der Waals surface area (Å²) in [5, 5.41) is 6.46. The molecule has 1 aromatic heterocycles. The number of hydrogen-bond donors (Lipinski definition) is 2. The number of anilines is 1. The predicted octanol–water partition coefficient (Wildman–Crippen LogP) is 2.00. The summed E-state index contributed by atoms with van der Waals surface area (Å²) in [6, 6.07) is 4.21. The van der Waals surface area contributed by atoms with Crippen LogP contribution in [0, 0.1) is 0 Å². The first kappa shape index (κ1) is 20.0. The van der Waals surface area contributed by atoms with Gasteiger partial charge in [-0.15, -0.1) is 24.0 Å². The maximum atomic E-state index is 5.04. The summed E-state index contributed by atoms with van der Waals surface area (Å²) in [7, 11) is 1.69. The van der Waals surface area contributed by atoms with Crippen molar-refractivity contribution >= 4 is 35.8 Å². The van der Waals surface area contributed by atoms with E-state index in [0.717, 1.165) is 43.5 Å². The quantitative estimate of drug-likeness (QED) is 0.298. The van der Waals surface area contributed by atoms with Crippen molar-refractivity contribution in [2.24, 2.45) is 4.99 Å². The van der Waals surface area contributed by atoms with Crippen LogP contribution in [0.25, 0.3) is 0 Å². The average Bonchev–Trinajstić information content (AvgIpc) is 3.08. The summed E-state index contributed by atoms with van der Waals surface area (Å²) >= 11 is 0. The summed E-state index contributed by atoms with van der Waals surface area (Å²) < 4.78 is 5.04. The Hall–Kier alpha value is -1.09. The van der Waals surface area contributed by atoms with E-state index in [9.17, 15) is 0 Å². The van der Waals surface area contributed by atoms with Gasteiger partial charge in [-0.05, 0) is 31.4 Å². The van der Waals surface area contributed by atoms with Gasteiger partial charge in [-0.25, -0.2) is 9.98 Å². The van der Waals surface area contributed by atoms with Gasteiger partial charge in [-0.1, -0.05) is 6.07 Å². The molecule has 1 aliphatic heterocycles. The van der Waals surface area contributed by atoms with Gasteiger partial charge < -0.3 is 20.3 Å². The molecule has 0 amide bonds. The first-order valence-corrected chi connectivity index (χ1v) is 8.04. The van der Waals surface area contributed by atoms with Gasteiger partial charge in [0.15, 0.2) is 5.96 Å². The minimum atomic E-state index is 0. The third kappa shape index (κ3) is 6.90. The van der Waals surface area contributed by atoms with Crippen molar-refractivity contribution in [3.8, 4) is 0 Å². The molecule has 23 heavy (non-hydrogen) atoms. The molecule has 2 rings (SSSR count). The lowest BCUT2D eigenvalue weighted by Crippen LogP contribution is -2.38. The summed E-state index contributed by atoms with van der Waals surface area (Å²) in [6.45, 7) is 7.17. The van der Waals surface area contributed by atoms with E-state index < -0.39 is 0 Å². The third-order valence-corrected chi connectivity index (χ3v) is 3.60. The zero-order valence-electron chi connectivity index (χ0n) is 14.0. The Morgan fingerprint density at radius 3 is 2.70 bits per heavy atom. The molecule has 2 N–H and O–H groups in total. The van der Waals surface area contributed by atoms with Gasteiger partial charge in [0.05, 0.1) is 13.2 Å². The summed E-state index contributed by atoms with van der Waals surface area (Å²) in [4.78, 5) is 11.5. The first-order valence-electron chi connectivity index (χ1n) is 8.04. The molecule has 6 nitrogen and oxygen atoms in total. The molecular weight excluding hydrogens is 405 g/mol. The zero-order chi connectivity index (χ0) is 15.6. The lowest BCUT2D eigenvalue weighted by Gasteiger charge is -2.16. The van der Waals surface area contributed by atoms with Crippen LogP contribution in [-0.4, -0.2) is 50.8 Å². The maximum Gasteiger partial charge on any atom is 0.191 e. The van der Waals surface area contributed by atoms with Crippen LogP contribution < -0.4 is 15.5 Å². The highest BCUT2D eigenvalue weighted by molar-refractivity contribution is 14.0. The van der Waals surface area contributed by atoms with Gasteiger partial charge in [-0.2, -0.15) is 0 Å². The largest absolute Gasteiger partial charge is 0.383 e. The van der Waals surface area contributed by atoms with E-state index in [0.29, 0.717) is 13.2 Å². The topological polar surface area (TPSA) is 61.8 Å². The van der Waals surface area contributed by atoms with Crippen LogP contribution in [0.15, 0.2) is 23.3 Å². The molecule has 0 aromatic carbocycles. The van der Waals surface area contributed by atoms with Crippen molar-refractivity contribution in [3.05, 3.63) is 23.9 Å². The van der Waals surface area contributed by atoms with Crippen LogP contribution in [-0.2, 0) is 11.3 Å². The fourth-order valence-corrected chi connectivity index (χ4v) is 2.43. The van der Waals surface area contributed by atoms with Crippen LogP contribution >= 0.6 is 24.0 Å². The molecule has 0 saturated carbocycles. The molecule has 0 atom stereocenters. The van der Waals surface area contributed by atoms with Gasteiger partial charge in [0, 0.05) is 39.5 Å². The second-order valence-electron chi connectivity index (χ2n) is 5.33. The van der Waals surface area contributed by atoms with Gasteiger partial charge in [0.25, 0.3) is 0 Å². The van der Waals surface area contributed by atoms with Crippen molar-refractivity contribution in [3.63, 3.8) is 0 Å². The molecule has 130 valence electrons. The number of hydrogen-bond acceptors (Lipinski definition) is 4. The van der Waals surface area contributed by atoms with Crippen molar-refractivity contribution in [2.45, 2.75) is 26.3 Å². The van der Waals surface area contributed by atoms with E-state index >= 15 is 0 Å². The van der Waals surface area contributed by atoms with Crippen LogP contribution in [0.3, 0.4) is 0 Å². The van der Waals surface area contributed by atoms with Crippen molar-refractivity contribution in [1.29, 1.82) is 0 Å². The Kier molecular flexibility index (Phi) is 9.93. The van der Waals surface area contributed by atoms with E-state index in [4.69, 9.17) is 4.74 Å². The standard InChI is InChI=1S/C16H27N5O.HI/c1-3-17-16(18-8-11-22-2)20-13-14-6-7-15(19-12-14)21-9-4-5-10-21;/h6-7,12H,3-5,8-11,13H2,1-2H3,(H2,17,18,20);1H. The minimum absolute atomic E-state index is 0. The number of guanidine groups is 1. The number of nitrogens with zero attached hydrogens (tertiary/aromatic N) is 3. The van der Waals surface area contributed by atoms with Crippen molar-refractivity contribution in [2.75, 3.05) is 44.8 Å². The number of ether oxygens (including phenoxy) is 1. The van der Waals surface area contributed by atoms with Crippen LogP contribution in [0.4, 0.5) is 5.82 Å². The number of nitrogens with one attached hydrogen (secondary N) is 2. The fraction of sp³-hybridized carbons (Fsp3) is 0.625. The Morgan fingerprint density at radius 2 is 2.09 bits per heavy atom. The Morgan fingerprint density at radius 1 is 1.30 bits per heavy atom. The normalized spacial score (nSPS) is 14.5. The number of pyridine rings is 1. The average molecular weight is 433 g/mol. The van der Waals surface area contributed by atoms with Crippen molar-refractivity contribution < 1.29 is 4.74 Å². The molecule has 0 radical (unpaired) electrons. The molecule has 7 heteroatoms. The van der Waals surface area contributed by atoms with Crippen molar-refractivity contribution in [1.82, 2.24) is 15.6 Å². The zero-order valence-corrected chi connectivity index (χ0v) is 16.4. The summed E-state index contributed by atoms with van der Waals surface area (Å²) in [5.41, 5.74) is 1.12. The van der Waals surface area contributed by atoms with E-state index in [-0.39, 0.29) is 24.0 Å². The Balaban J connectivity index is 0.00000264. The monoisotopic (exact) mass is 433 g/mol. The highest BCUT2D eigenvalue weighted by atomic mass is 127. The number of rotatable bonds is 7. The molecule has 1 saturated heterocycles. The number of aliphatic imine (C=N–C) groups is 1. The molecular formula is C16H28IN5O. The second kappa shape index (κ2) is 11.4. The Bertz CT molecular complexity index is 460. The highest BCUT2D eigenvalue weighted by Gasteiger charge is 2.12. The maximum absolute atomic E-state index is 5.04. The molecule has 0 spiro atoms.